The molecule has 5 heteroatoms. The van der Waals surface area contributed by atoms with Gasteiger partial charge in [0.2, 0.25) is 0 Å². The Morgan fingerprint density at radius 2 is 1.65 bits per heavy atom. The van der Waals surface area contributed by atoms with Gasteiger partial charge in [-0.1, -0.05) is 18.2 Å². The van der Waals surface area contributed by atoms with Gasteiger partial charge in [0.05, 0.1) is 12.7 Å². The van der Waals surface area contributed by atoms with E-state index in [1.807, 2.05) is 0 Å². The summed E-state index contributed by atoms with van der Waals surface area (Å²) in [4.78, 5) is 15.0. The molecule has 0 aliphatic rings. The molecule has 102 valence electrons. The van der Waals surface area contributed by atoms with Crippen LogP contribution in [0.1, 0.15) is 21.6 Å². The second kappa shape index (κ2) is 6.06. The normalized spacial score (nSPS) is 11.8. The van der Waals surface area contributed by atoms with E-state index in [-0.39, 0.29) is 16.8 Å². The lowest BCUT2D eigenvalue weighted by atomic mass is 10.1. The lowest BCUT2D eigenvalue weighted by Crippen LogP contribution is -2.00. The fraction of sp³-hybridized carbons (Fsp3) is 0.0667. The number of carbonyl (C=O) groups is 1. The standard InChI is InChI=1S/C15H11F2NO2/c1-20-15(19)11-7-5-10(6-8-11)13(16)14(17)12-4-2-3-9-18-12/h2-9H,1H3. The van der Waals surface area contributed by atoms with Crippen LogP contribution in [-0.4, -0.2) is 18.1 Å². The van der Waals surface area contributed by atoms with E-state index in [9.17, 15) is 13.6 Å². The summed E-state index contributed by atoms with van der Waals surface area (Å²) >= 11 is 0. The number of pyridine rings is 1. The van der Waals surface area contributed by atoms with Crippen LogP contribution < -0.4 is 0 Å². The molecule has 0 spiro atoms. The quantitative estimate of drug-likeness (QED) is 0.803. The van der Waals surface area contributed by atoms with E-state index in [1.54, 1.807) is 12.1 Å². The smallest absolute Gasteiger partial charge is 0.337 e. The molecule has 1 aromatic carbocycles. The minimum Gasteiger partial charge on any atom is -0.465 e. The lowest BCUT2D eigenvalue weighted by molar-refractivity contribution is 0.0600. The van der Waals surface area contributed by atoms with E-state index in [4.69, 9.17) is 0 Å². The molecule has 0 aliphatic carbocycles. The number of hydrogen-bond donors (Lipinski definition) is 0. The minimum absolute atomic E-state index is 0.0285. The molecule has 2 rings (SSSR count). The Kier molecular flexibility index (Phi) is 4.20. The van der Waals surface area contributed by atoms with Crippen LogP contribution in [0.25, 0.3) is 11.7 Å². The van der Waals surface area contributed by atoms with Gasteiger partial charge in [-0.2, -0.15) is 0 Å². The van der Waals surface area contributed by atoms with Crippen LogP contribution in [0, 0.1) is 0 Å². The molecular formula is C15H11F2NO2. The van der Waals surface area contributed by atoms with E-state index in [2.05, 4.69) is 9.72 Å². The topological polar surface area (TPSA) is 39.2 Å². The first-order chi connectivity index (χ1) is 9.63. The van der Waals surface area contributed by atoms with Gasteiger partial charge in [0.25, 0.3) is 0 Å². The van der Waals surface area contributed by atoms with Gasteiger partial charge in [0.15, 0.2) is 11.7 Å². The van der Waals surface area contributed by atoms with Crippen molar-refractivity contribution in [3.05, 3.63) is 65.5 Å². The highest BCUT2D eigenvalue weighted by atomic mass is 19.2. The van der Waals surface area contributed by atoms with Crippen molar-refractivity contribution in [2.75, 3.05) is 7.11 Å². The van der Waals surface area contributed by atoms with Gasteiger partial charge >= 0.3 is 5.97 Å². The Morgan fingerprint density at radius 3 is 2.20 bits per heavy atom. The van der Waals surface area contributed by atoms with Crippen molar-refractivity contribution < 1.29 is 18.3 Å². The molecule has 0 bridgehead atoms. The fourth-order valence-corrected chi connectivity index (χ4v) is 1.60. The SMILES string of the molecule is COC(=O)c1ccc(C(F)=C(F)c2ccccn2)cc1. The fourth-order valence-electron chi connectivity index (χ4n) is 1.60. The van der Waals surface area contributed by atoms with E-state index in [1.165, 1.54) is 43.6 Å². The zero-order valence-corrected chi connectivity index (χ0v) is 10.6. The van der Waals surface area contributed by atoms with E-state index >= 15 is 0 Å². The molecule has 0 aliphatic heterocycles. The number of ether oxygens (including phenoxy) is 1. The highest BCUT2D eigenvalue weighted by Gasteiger charge is 2.13. The number of hydrogen-bond acceptors (Lipinski definition) is 3. The molecule has 0 unspecified atom stereocenters. The minimum atomic E-state index is -1.04. The third-order valence-corrected chi connectivity index (χ3v) is 2.64. The molecule has 0 radical (unpaired) electrons. The maximum absolute atomic E-state index is 14.0. The van der Waals surface area contributed by atoms with Gasteiger partial charge in [-0.15, -0.1) is 0 Å². The number of rotatable bonds is 3. The van der Waals surface area contributed by atoms with Gasteiger partial charge in [0, 0.05) is 11.8 Å². The van der Waals surface area contributed by atoms with Crippen molar-refractivity contribution in [3.8, 4) is 0 Å². The van der Waals surface area contributed by atoms with Crippen LogP contribution in [0.4, 0.5) is 8.78 Å². The third kappa shape index (κ3) is 2.88. The van der Waals surface area contributed by atoms with Crippen LogP contribution in [0.5, 0.6) is 0 Å². The van der Waals surface area contributed by atoms with Crippen LogP contribution >= 0.6 is 0 Å². The van der Waals surface area contributed by atoms with Gasteiger partial charge in [-0.25, -0.2) is 13.6 Å². The van der Waals surface area contributed by atoms with Gasteiger partial charge in [-0.3, -0.25) is 4.98 Å². The molecule has 0 amide bonds. The average Bonchev–Trinajstić information content (AvgIpc) is 2.53. The maximum Gasteiger partial charge on any atom is 0.337 e. The van der Waals surface area contributed by atoms with Crippen molar-refractivity contribution in [3.63, 3.8) is 0 Å². The van der Waals surface area contributed by atoms with E-state index in [0.29, 0.717) is 0 Å². The molecule has 1 aromatic heterocycles. The van der Waals surface area contributed by atoms with Crippen LogP contribution in [0.3, 0.4) is 0 Å². The molecule has 20 heavy (non-hydrogen) atoms. The van der Waals surface area contributed by atoms with Crippen molar-refractivity contribution >= 4 is 17.6 Å². The summed E-state index contributed by atoms with van der Waals surface area (Å²) < 4.78 is 32.4. The van der Waals surface area contributed by atoms with Crippen molar-refractivity contribution in [1.29, 1.82) is 0 Å². The van der Waals surface area contributed by atoms with Crippen molar-refractivity contribution in [2.45, 2.75) is 0 Å². The Labute approximate surface area is 114 Å². The van der Waals surface area contributed by atoms with Crippen molar-refractivity contribution in [1.82, 2.24) is 4.98 Å². The second-order valence-electron chi connectivity index (χ2n) is 3.91. The predicted octanol–water partition coefficient (Wildman–Crippen LogP) is 3.63. The van der Waals surface area contributed by atoms with Crippen molar-refractivity contribution in [2.24, 2.45) is 0 Å². The summed E-state index contributed by atoms with van der Waals surface area (Å²) in [5.41, 5.74) is 0.213. The van der Waals surface area contributed by atoms with Crippen LogP contribution in [-0.2, 0) is 4.74 Å². The molecule has 0 saturated carbocycles. The molecule has 0 saturated heterocycles. The number of nitrogens with zero attached hydrogens (tertiary/aromatic N) is 1. The number of aromatic nitrogens is 1. The molecule has 0 atom stereocenters. The van der Waals surface area contributed by atoms with E-state index < -0.39 is 17.6 Å². The van der Waals surface area contributed by atoms with E-state index in [0.717, 1.165) is 0 Å². The largest absolute Gasteiger partial charge is 0.465 e. The number of carbonyl (C=O) groups excluding carboxylic acids is 1. The van der Waals surface area contributed by atoms with Gasteiger partial charge in [0.1, 0.15) is 5.69 Å². The van der Waals surface area contributed by atoms with Crippen LogP contribution in [0.15, 0.2) is 48.7 Å². The molecule has 3 nitrogen and oxygen atoms in total. The summed E-state index contributed by atoms with van der Waals surface area (Å²) in [6.45, 7) is 0. The molecule has 0 fully saturated rings. The Morgan fingerprint density at radius 1 is 1.00 bits per heavy atom. The first kappa shape index (κ1) is 13.9. The zero-order valence-electron chi connectivity index (χ0n) is 10.6. The molecule has 0 N–H and O–H groups in total. The van der Waals surface area contributed by atoms with Crippen LogP contribution in [0.2, 0.25) is 0 Å². The highest BCUT2D eigenvalue weighted by Crippen LogP contribution is 2.27. The predicted molar refractivity (Wildman–Crippen MR) is 71.0 cm³/mol. The summed E-state index contributed by atoms with van der Waals surface area (Å²) in [7, 11) is 1.25. The first-order valence-electron chi connectivity index (χ1n) is 5.79. The molecular weight excluding hydrogens is 264 g/mol. The monoisotopic (exact) mass is 275 g/mol. The van der Waals surface area contributed by atoms with Gasteiger partial charge in [-0.05, 0) is 24.3 Å². The average molecular weight is 275 g/mol. The number of esters is 1. The molecule has 1 heterocycles. The summed E-state index contributed by atoms with van der Waals surface area (Å²) in [5.74, 6) is -2.61. The third-order valence-electron chi connectivity index (χ3n) is 2.64. The second-order valence-corrected chi connectivity index (χ2v) is 3.91. The number of halogens is 2. The first-order valence-corrected chi connectivity index (χ1v) is 5.79. The maximum atomic E-state index is 14.0. The lowest BCUT2D eigenvalue weighted by Gasteiger charge is -2.03. The number of benzene rings is 1. The van der Waals surface area contributed by atoms with Gasteiger partial charge < -0.3 is 4.74 Å². The Bertz CT molecular complexity index is 637. The highest BCUT2D eigenvalue weighted by molar-refractivity contribution is 5.90. The Hall–Kier alpha value is -2.56. The summed E-state index contributed by atoms with van der Waals surface area (Å²) in [6.07, 6.45) is 1.38. The Balaban J connectivity index is 2.34. The zero-order chi connectivity index (χ0) is 14.5. The summed E-state index contributed by atoms with van der Waals surface area (Å²) in [6, 6.07) is 9.90. The number of methoxy groups -OCH3 is 1. The molecule has 2 aromatic rings. The summed E-state index contributed by atoms with van der Waals surface area (Å²) in [5, 5.41) is 0.